The van der Waals surface area contributed by atoms with Gasteiger partial charge in [0.05, 0.1) is 31.0 Å². The Hall–Kier alpha value is -0.810. The number of rotatable bonds is 6. The van der Waals surface area contributed by atoms with E-state index in [1.165, 1.54) is 0 Å². The van der Waals surface area contributed by atoms with Crippen LogP contribution in [0.15, 0.2) is 0 Å². The van der Waals surface area contributed by atoms with Crippen LogP contribution in [0.5, 0.6) is 0 Å². The van der Waals surface area contributed by atoms with Crippen molar-refractivity contribution in [3.63, 3.8) is 0 Å². The number of carbonyl (C=O) groups excluding carboxylic acids is 1. The minimum absolute atomic E-state index is 0.109. The molecule has 0 radical (unpaired) electrons. The Morgan fingerprint density at radius 2 is 1.35 bits per heavy atom. The van der Waals surface area contributed by atoms with Gasteiger partial charge in [-0.3, -0.25) is 4.79 Å². The molecular formula is C41H68O13. The van der Waals surface area contributed by atoms with E-state index in [-0.39, 0.29) is 63.6 Å². The third-order valence-corrected chi connectivity index (χ3v) is 17.4. The molecule has 54 heavy (non-hydrogen) atoms. The topological polar surface area (TPSA) is 216 Å². The third kappa shape index (κ3) is 5.79. The Kier molecular flexibility index (Phi) is 10.4. The molecule has 13 heteroatoms. The average Bonchev–Trinajstić information content (AvgIpc) is 3.46. The predicted molar refractivity (Wildman–Crippen MR) is 193 cm³/mol. The summed E-state index contributed by atoms with van der Waals surface area (Å²) >= 11 is 0. The molecule has 2 aliphatic heterocycles. The molecule has 0 aromatic heterocycles. The highest BCUT2D eigenvalue weighted by molar-refractivity contribution is 5.85. The molecule has 0 aromatic rings. The molecule has 7 aliphatic rings. The van der Waals surface area contributed by atoms with Gasteiger partial charge in [0, 0.05) is 17.8 Å². The molecule has 7 fully saturated rings. The molecule has 0 aromatic carbocycles. The highest BCUT2D eigenvalue weighted by atomic mass is 16.7. The number of hydrogen-bond donors (Lipinski definition) is 8. The largest absolute Gasteiger partial charge is 0.394 e. The van der Waals surface area contributed by atoms with Crippen LogP contribution in [-0.4, -0.2) is 133 Å². The fourth-order valence-corrected chi connectivity index (χ4v) is 14.8. The lowest BCUT2D eigenvalue weighted by atomic mass is 9.31. The number of ether oxygens (including phenoxy) is 4. The Morgan fingerprint density at radius 1 is 0.741 bits per heavy atom. The Labute approximate surface area is 319 Å². The van der Waals surface area contributed by atoms with Crippen molar-refractivity contribution in [2.24, 2.45) is 56.7 Å². The molecule has 5 saturated carbocycles. The fourth-order valence-electron chi connectivity index (χ4n) is 14.8. The highest BCUT2D eigenvalue weighted by Gasteiger charge is 2.74. The standard InChI is InChI=1S/C41H68O13/c1-36(2)26(53-34-31(49)28(46)22(45)18-51-34)12-14-39(6)25-10-9-24-38(5)13-11-19(37(3,4)54-35-32(50)30(48)29(47)23(17-42)52-35)27(38)20(43)15-40(24,7)41(25,8)16-21(44)33(36)39/h19-20,22-35,42-43,45-50H,9-18H2,1-8H3/t19-,20+,22-,23-,24-,25-,26+,27-,28+,29-,30+,31-,32-,33-,34+,35+,38-,39-,40-,41-/m1/s1. The molecule has 0 amide bonds. The first-order valence-corrected chi connectivity index (χ1v) is 20.5. The van der Waals surface area contributed by atoms with E-state index in [2.05, 4.69) is 41.5 Å². The second-order valence-electron chi connectivity index (χ2n) is 20.7. The van der Waals surface area contributed by atoms with Crippen molar-refractivity contribution >= 4 is 5.78 Å². The van der Waals surface area contributed by atoms with Crippen LogP contribution in [-0.2, 0) is 23.7 Å². The van der Waals surface area contributed by atoms with Crippen molar-refractivity contribution < 1.29 is 64.6 Å². The van der Waals surface area contributed by atoms with E-state index in [1.54, 1.807) is 0 Å². The number of aliphatic hydroxyl groups is 8. The monoisotopic (exact) mass is 768 g/mol. The fraction of sp³-hybridized carbons (Fsp3) is 0.976. The van der Waals surface area contributed by atoms with Crippen LogP contribution in [0.4, 0.5) is 0 Å². The molecule has 0 spiro atoms. The Morgan fingerprint density at radius 3 is 2.00 bits per heavy atom. The number of fused-ring (bicyclic) bond motifs is 7. The minimum atomic E-state index is -1.54. The van der Waals surface area contributed by atoms with Crippen molar-refractivity contribution in [1.82, 2.24) is 0 Å². The van der Waals surface area contributed by atoms with Crippen molar-refractivity contribution in [3.8, 4) is 0 Å². The van der Waals surface area contributed by atoms with E-state index in [0.29, 0.717) is 19.3 Å². The van der Waals surface area contributed by atoms with Crippen LogP contribution in [0.25, 0.3) is 0 Å². The quantitative estimate of drug-likeness (QED) is 0.181. The molecule has 7 rings (SSSR count). The summed E-state index contributed by atoms with van der Waals surface area (Å²) in [5.74, 6) is 0.130. The van der Waals surface area contributed by atoms with Crippen LogP contribution >= 0.6 is 0 Å². The van der Waals surface area contributed by atoms with E-state index in [9.17, 15) is 45.6 Å². The number of Topliss-reactive ketones (excluding diaryl/α,β-unsaturated/α-hetero) is 1. The van der Waals surface area contributed by atoms with Crippen molar-refractivity contribution in [2.75, 3.05) is 13.2 Å². The third-order valence-electron chi connectivity index (χ3n) is 17.4. The molecular weight excluding hydrogens is 700 g/mol. The van der Waals surface area contributed by atoms with Crippen molar-refractivity contribution in [1.29, 1.82) is 0 Å². The van der Waals surface area contributed by atoms with Crippen molar-refractivity contribution in [3.05, 3.63) is 0 Å². The van der Waals surface area contributed by atoms with E-state index in [1.807, 2.05) is 13.8 Å². The Bertz CT molecular complexity index is 1420. The first kappa shape index (κ1) is 41.4. The van der Waals surface area contributed by atoms with Crippen LogP contribution in [0.2, 0.25) is 0 Å². The summed E-state index contributed by atoms with van der Waals surface area (Å²) in [7, 11) is 0. The molecule has 2 heterocycles. The van der Waals surface area contributed by atoms with Gasteiger partial charge in [-0.25, -0.2) is 0 Å². The van der Waals surface area contributed by atoms with E-state index in [0.717, 1.165) is 32.1 Å². The average molecular weight is 769 g/mol. The van der Waals surface area contributed by atoms with E-state index < -0.39 is 85.1 Å². The lowest BCUT2D eigenvalue weighted by molar-refractivity contribution is -0.332. The summed E-state index contributed by atoms with van der Waals surface area (Å²) < 4.78 is 24.2. The predicted octanol–water partition coefficient (Wildman–Crippen LogP) is 1.66. The van der Waals surface area contributed by atoms with Gasteiger partial charge in [-0.2, -0.15) is 0 Å². The second-order valence-corrected chi connectivity index (χ2v) is 20.7. The van der Waals surface area contributed by atoms with Gasteiger partial charge in [0.15, 0.2) is 12.6 Å². The Balaban J connectivity index is 1.13. The van der Waals surface area contributed by atoms with Crippen LogP contribution in [0, 0.1) is 56.7 Å². The van der Waals surface area contributed by atoms with Gasteiger partial charge in [0.25, 0.3) is 0 Å². The van der Waals surface area contributed by atoms with Gasteiger partial charge in [-0.15, -0.1) is 0 Å². The normalized spacial score (nSPS) is 56.0. The lowest BCUT2D eigenvalue weighted by Crippen LogP contribution is -2.71. The van der Waals surface area contributed by atoms with Gasteiger partial charge in [-0.1, -0.05) is 41.5 Å². The first-order valence-electron chi connectivity index (χ1n) is 20.5. The smallest absolute Gasteiger partial charge is 0.187 e. The molecule has 2 saturated heterocycles. The summed E-state index contributed by atoms with van der Waals surface area (Å²) in [5, 5.41) is 84.7. The van der Waals surface area contributed by atoms with Gasteiger partial charge >= 0.3 is 0 Å². The maximum atomic E-state index is 14.8. The SMILES string of the molecule is CC(C)(O[C@@H]1O[C@H](CO)[C@@H](O)[C@H](O)[C@H]1O)[C@@H]1CC[C@@]2(C)[C@H]1[C@@H](O)C[C@]1(C)[C@@H]2CC[C@@H]2[C@@]3(C)CC[C@H](O[C@@H]4OC[C@@H](O)[C@H](O)[C@H]4O)C(C)(C)[C@H]3C(=O)C[C@]21C. The first-order chi connectivity index (χ1) is 25.0. The number of hydrogen-bond acceptors (Lipinski definition) is 13. The summed E-state index contributed by atoms with van der Waals surface area (Å²) in [6, 6.07) is 0. The van der Waals surface area contributed by atoms with Gasteiger partial charge in [0.1, 0.15) is 48.5 Å². The molecule has 20 atom stereocenters. The van der Waals surface area contributed by atoms with E-state index in [4.69, 9.17) is 18.9 Å². The minimum Gasteiger partial charge on any atom is -0.394 e. The summed E-state index contributed by atoms with van der Waals surface area (Å²) in [5.41, 5.74) is -2.79. The van der Waals surface area contributed by atoms with E-state index >= 15 is 0 Å². The van der Waals surface area contributed by atoms with Crippen LogP contribution < -0.4 is 0 Å². The molecule has 310 valence electrons. The molecule has 0 bridgehead atoms. The summed E-state index contributed by atoms with van der Waals surface area (Å²) in [6.45, 7) is 16.6. The lowest BCUT2D eigenvalue weighted by Gasteiger charge is -2.73. The van der Waals surface area contributed by atoms with Gasteiger partial charge in [-0.05, 0) is 104 Å². The van der Waals surface area contributed by atoms with Crippen LogP contribution in [0.3, 0.4) is 0 Å². The zero-order valence-corrected chi connectivity index (χ0v) is 33.4. The molecule has 8 N–H and O–H groups in total. The highest BCUT2D eigenvalue weighted by Crippen LogP contribution is 2.78. The van der Waals surface area contributed by atoms with Crippen molar-refractivity contribution in [2.45, 2.75) is 180 Å². The maximum absolute atomic E-state index is 14.8. The molecule has 0 unspecified atom stereocenters. The zero-order chi connectivity index (χ0) is 39.7. The molecule has 13 nitrogen and oxygen atoms in total. The summed E-state index contributed by atoms with van der Waals surface area (Å²) in [4.78, 5) is 14.8. The maximum Gasteiger partial charge on any atom is 0.187 e. The second kappa shape index (κ2) is 13.6. The number of carbonyl (C=O) groups is 1. The van der Waals surface area contributed by atoms with Gasteiger partial charge in [0.2, 0.25) is 0 Å². The number of aliphatic hydroxyl groups excluding tert-OH is 8. The number of ketones is 1. The summed E-state index contributed by atoms with van der Waals surface area (Å²) in [6.07, 6.45) is -7.12. The van der Waals surface area contributed by atoms with Gasteiger partial charge < -0.3 is 59.8 Å². The zero-order valence-electron chi connectivity index (χ0n) is 33.4. The van der Waals surface area contributed by atoms with Crippen LogP contribution in [0.1, 0.15) is 107 Å². The molecule has 5 aliphatic carbocycles.